The van der Waals surface area contributed by atoms with Crippen LogP contribution in [0, 0.1) is 0 Å². The lowest BCUT2D eigenvalue weighted by atomic mass is 10.2. The molecule has 0 amide bonds. The summed E-state index contributed by atoms with van der Waals surface area (Å²) in [4.78, 5) is 12.8. The second kappa shape index (κ2) is 7.35. The Labute approximate surface area is 139 Å². The van der Waals surface area contributed by atoms with Crippen LogP contribution in [0.15, 0.2) is 16.9 Å². The molecule has 0 saturated carbocycles. The van der Waals surface area contributed by atoms with Crippen molar-refractivity contribution in [1.82, 2.24) is 29.5 Å². The molecule has 9 heteroatoms. The van der Waals surface area contributed by atoms with E-state index in [9.17, 15) is 8.78 Å². The Balaban J connectivity index is 1.49. The molecule has 3 heterocycles. The summed E-state index contributed by atoms with van der Waals surface area (Å²) in [5.74, 6) is 1.97. The molecule has 2 aromatic heterocycles. The number of aromatic nitrogens is 4. The molecule has 0 unspecified atom stereocenters. The second-order valence-electron chi connectivity index (χ2n) is 6.28. The Morgan fingerprint density at radius 2 is 1.79 bits per heavy atom. The van der Waals surface area contributed by atoms with Crippen molar-refractivity contribution in [3.63, 3.8) is 0 Å². The summed E-state index contributed by atoms with van der Waals surface area (Å²) < 4.78 is 31.8. The van der Waals surface area contributed by atoms with E-state index in [1.807, 2.05) is 13.8 Å². The smallest absolute Gasteiger partial charge is 0.319 e. The van der Waals surface area contributed by atoms with Crippen LogP contribution in [0.25, 0.3) is 0 Å². The molecular weight excluding hydrogens is 318 g/mol. The van der Waals surface area contributed by atoms with Crippen LogP contribution < -0.4 is 0 Å². The Morgan fingerprint density at radius 3 is 2.38 bits per heavy atom. The van der Waals surface area contributed by atoms with Crippen molar-refractivity contribution < 1.29 is 13.3 Å². The average molecular weight is 340 g/mol. The topological polar surface area (TPSA) is 63.2 Å². The second-order valence-corrected chi connectivity index (χ2v) is 6.28. The van der Waals surface area contributed by atoms with Crippen LogP contribution in [0.1, 0.15) is 43.9 Å². The molecule has 2 aromatic rings. The Bertz CT molecular complexity index is 648. The van der Waals surface area contributed by atoms with Gasteiger partial charge in [0.1, 0.15) is 5.82 Å². The fraction of sp³-hybridized carbons (Fsp3) is 0.667. The summed E-state index contributed by atoms with van der Waals surface area (Å²) in [6.07, 6.45) is 2.74. The van der Waals surface area contributed by atoms with Gasteiger partial charge in [-0.3, -0.25) is 14.4 Å². The van der Waals surface area contributed by atoms with Crippen molar-refractivity contribution in [2.75, 3.05) is 26.2 Å². The largest absolute Gasteiger partial charge is 0.339 e. The third-order valence-corrected chi connectivity index (χ3v) is 4.13. The number of hydrogen-bond acceptors (Lipinski definition) is 6. The number of alkyl halides is 2. The third-order valence-electron chi connectivity index (χ3n) is 4.13. The minimum absolute atomic E-state index is 0.224. The molecule has 132 valence electrons. The van der Waals surface area contributed by atoms with E-state index in [1.165, 1.54) is 12.4 Å². The van der Waals surface area contributed by atoms with E-state index in [4.69, 9.17) is 4.52 Å². The number of imidazole rings is 1. The van der Waals surface area contributed by atoms with Gasteiger partial charge in [-0.25, -0.2) is 4.98 Å². The maximum absolute atomic E-state index is 12.9. The van der Waals surface area contributed by atoms with Gasteiger partial charge >= 0.3 is 6.55 Å². The molecule has 0 radical (unpaired) electrons. The van der Waals surface area contributed by atoms with Gasteiger partial charge in [0.25, 0.3) is 0 Å². The fourth-order valence-electron chi connectivity index (χ4n) is 2.72. The van der Waals surface area contributed by atoms with Crippen LogP contribution in [0.3, 0.4) is 0 Å². The first-order valence-electron chi connectivity index (χ1n) is 8.10. The van der Waals surface area contributed by atoms with Crippen LogP contribution in [0.4, 0.5) is 8.78 Å². The molecule has 0 spiro atoms. The molecule has 0 atom stereocenters. The maximum Gasteiger partial charge on any atom is 0.319 e. The highest BCUT2D eigenvalue weighted by atomic mass is 19.3. The highest BCUT2D eigenvalue weighted by Crippen LogP contribution is 2.16. The van der Waals surface area contributed by atoms with Gasteiger partial charge in [0, 0.05) is 44.5 Å². The van der Waals surface area contributed by atoms with E-state index < -0.39 is 6.55 Å². The summed E-state index contributed by atoms with van der Waals surface area (Å²) in [5.41, 5.74) is 0. The molecule has 0 aliphatic carbocycles. The van der Waals surface area contributed by atoms with Crippen molar-refractivity contribution in [3.05, 3.63) is 29.9 Å². The van der Waals surface area contributed by atoms with Gasteiger partial charge in [-0.05, 0) is 0 Å². The molecule has 7 nitrogen and oxygen atoms in total. The quantitative estimate of drug-likeness (QED) is 0.802. The van der Waals surface area contributed by atoms with Crippen molar-refractivity contribution >= 4 is 0 Å². The van der Waals surface area contributed by atoms with Gasteiger partial charge in [-0.1, -0.05) is 19.0 Å². The third kappa shape index (κ3) is 3.96. The molecule has 1 saturated heterocycles. The Morgan fingerprint density at radius 1 is 1.12 bits per heavy atom. The zero-order valence-electron chi connectivity index (χ0n) is 13.9. The van der Waals surface area contributed by atoms with Gasteiger partial charge in [0.15, 0.2) is 5.82 Å². The van der Waals surface area contributed by atoms with Crippen molar-refractivity contribution in [1.29, 1.82) is 0 Å². The van der Waals surface area contributed by atoms with Crippen molar-refractivity contribution in [3.8, 4) is 0 Å². The fourth-order valence-corrected chi connectivity index (χ4v) is 2.72. The van der Waals surface area contributed by atoms with Gasteiger partial charge in [-0.15, -0.1) is 0 Å². The van der Waals surface area contributed by atoms with Crippen molar-refractivity contribution in [2.24, 2.45) is 0 Å². The van der Waals surface area contributed by atoms with Gasteiger partial charge < -0.3 is 4.52 Å². The standard InChI is InChI=1S/C15H22F2N6O/c1-11(2)14-19-12(20-24-14)9-21-5-7-22(8-6-21)10-13-18-3-4-23(13)15(16)17/h3-4,11,15H,5-10H2,1-2H3. The van der Waals surface area contributed by atoms with E-state index in [-0.39, 0.29) is 5.92 Å². The lowest BCUT2D eigenvalue weighted by Crippen LogP contribution is -2.45. The minimum Gasteiger partial charge on any atom is -0.339 e. The predicted molar refractivity (Wildman–Crippen MR) is 82.4 cm³/mol. The molecule has 0 aromatic carbocycles. The maximum atomic E-state index is 12.9. The first kappa shape index (κ1) is 17.0. The molecule has 0 bridgehead atoms. The zero-order valence-corrected chi connectivity index (χ0v) is 13.9. The highest BCUT2D eigenvalue weighted by molar-refractivity contribution is 4.94. The van der Waals surface area contributed by atoms with Crippen LogP contribution in [0.2, 0.25) is 0 Å². The molecule has 24 heavy (non-hydrogen) atoms. The van der Waals surface area contributed by atoms with E-state index in [0.29, 0.717) is 30.6 Å². The lowest BCUT2D eigenvalue weighted by molar-refractivity contribution is 0.0601. The minimum atomic E-state index is -2.54. The van der Waals surface area contributed by atoms with Crippen LogP contribution in [0.5, 0.6) is 0 Å². The number of piperazine rings is 1. The summed E-state index contributed by atoms with van der Waals surface area (Å²) in [7, 11) is 0. The molecule has 1 aliphatic rings. The molecule has 1 aliphatic heterocycles. The molecule has 3 rings (SSSR count). The van der Waals surface area contributed by atoms with Crippen LogP contribution in [-0.4, -0.2) is 55.7 Å². The van der Waals surface area contributed by atoms with E-state index in [0.717, 1.165) is 30.7 Å². The zero-order chi connectivity index (χ0) is 17.1. The summed E-state index contributed by atoms with van der Waals surface area (Å²) in [6.45, 7) is 5.83. The van der Waals surface area contributed by atoms with Gasteiger partial charge in [0.05, 0.1) is 13.1 Å². The summed E-state index contributed by atoms with van der Waals surface area (Å²) in [5, 5.41) is 4.00. The summed E-state index contributed by atoms with van der Waals surface area (Å²) in [6, 6.07) is 0. The lowest BCUT2D eigenvalue weighted by Gasteiger charge is -2.33. The molecular formula is C15H22F2N6O. The Kier molecular flexibility index (Phi) is 5.20. The normalized spacial score (nSPS) is 17.2. The molecule has 1 fully saturated rings. The number of rotatable bonds is 6. The van der Waals surface area contributed by atoms with E-state index >= 15 is 0 Å². The molecule has 0 N–H and O–H groups in total. The van der Waals surface area contributed by atoms with E-state index in [2.05, 4.69) is 24.9 Å². The number of nitrogens with zero attached hydrogens (tertiary/aromatic N) is 6. The highest BCUT2D eigenvalue weighted by Gasteiger charge is 2.21. The number of hydrogen-bond donors (Lipinski definition) is 0. The van der Waals surface area contributed by atoms with Gasteiger partial charge in [0.2, 0.25) is 5.89 Å². The Hall–Kier alpha value is -1.87. The first-order valence-corrected chi connectivity index (χ1v) is 8.10. The first-order chi connectivity index (χ1) is 11.5. The SMILES string of the molecule is CC(C)c1nc(CN2CCN(Cc3nccn3C(F)F)CC2)no1. The van der Waals surface area contributed by atoms with Gasteiger partial charge in [-0.2, -0.15) is 13.8 Å². The van der Waals surface area contributed by atoms with E-state index in [1.54, 1.807) is 0 Å². The number of halogens is 2. The van der Waals surface area contributed by atoms with Crippen LogP contribution in [-0.2, 0) is 13.1 Å². The predicted octanol–water partition coefficient (Wildman–Crippen LogP) is 2.10. The summed E-state index contributed by atoms with van der Waals surface area (Å²) >= 11 is 0. The monoisotopic (exact) mass is 340 g/mol. The van der Waals surface area contributed by atoms with Crippen LogP contribution >= 0.6 is 0 Å². The average Bonchev–Trinajstić information content (AvgIpc) is 3.18. The van der Waals surface area contributed by atoms with Crippen molar-refractivity contribution in [2.45, 2.75) is 39.4 Å².